The smallest absolute Gasteiger partial charge is 0.124 e. The van der Waals surface area contributed by atoms with Crippen molar-refractivity contribution in [3.05, 3.63) is 29.8 Å². The van der Waals surface area contributed by atoms with Crippen LogP contribution >= 0.6 is 0 Å². The first-order chi connectivity index (χ1) is 8.79. The number of hydrogen-bond donors (Lipinski definition) is 1. The number of nitrogens with one attached hydrogen (secondary N) is 1. The molecule has 2 aliphatic rings. The molecule has 98 valence electrons. The van der Waals surface area contributed by atoms with Gasteiger partial charge < -0.3 is 10.1 Å². The Morgan fingerprint density at radius 2 is 2.17 bits per heavy atom. The lowest BCUT2D eigenvalue weighted by atomic mass is 9.92. The van der Waals surface area contributed by atoms with Gasteiger partial charge in [0.25, 0.3) is 0 Å². The van der Waals surface area contributed by atoms with Gasteiger partial charge in [-0.25, -0.2) is 0 Å². The Morgan fingerprint density at radius 3 is 2.94 bits per heavy atom. The highest BCUT2D eigenvalue weighted by Gasteiger charge is 2.34. The maximum absolute atomic E-state index is 5.80. The molecule has 1 fully saturated rings. The second-order valence-electron chi connectivity index (χ2n) is 5.52. The second-order valence-corrected chi connectivity index (χ2v) is 5.52. The average Bonchev–Trinajstić information content (AvgIpc) is 2.82. The van der Waals surface area contributed by atoms with Crippen LogP contribution in [0.2, 0.25) is 0 Å². The molecule has 3 atom stereocenters. The van der Waals surface area contributed by atoms with Crippen molar-refractivity contribution in [2.45, 2.75) is 25.4 Å². The second kappa shape index (κ2) is 4.90. The number of rotatable bonds is 2. The van der Waals surface area contributed by atoms with Crippen molar-refractivity contribution in [1.29, 1.82) is 0 Å². The van der Waals surface area contributed by atoms with E-state index in [1.54, 1.807) is 0 Å². The zero-order valence-corrected chi connectivity index (χ0v) is 11.2. The van der Waals surface area contributed by atoms with E-state index in [2.05, 4.69) is 48.5 Å². The molecule has 0 saturated carbocycles. The molecule has 0 aromatic heterocycles. The summed E-state index contributed by atoms with van der Waals surface area (Å²) in [6.45, 7) is 5.48. The molecule has 3 nitrogen and oxygen atoms in total. The molecule has 1 N–H and O–H groups in total. The van der Waals surface area contributed by atoms with Crippen LogP contribution in [0.1, 0.15) is 24.9 Å². The van der Waals surface area contributed by atoms with Crippen LogP contribution in [0.25, 0.3) is 0 Å². The minimum Gasteiger partial charge on any atom is -0.491 e. The molecule has 2 aliphatic heterocycles. The summed E-state index contributed by atoms with van der Waals surface area (Å²) in [5.41, 5.74) is 1.37. The van der Waals surface area contributed by atoms with E-state index in [1.807, 2.05) is 0 Å². The number of likely N-dealkylation sites (tertiary alicyclic amines) is 1. The van der Waals surface area contributed by atoms with E-state index < -0.39 is 0 Å². The number of piperidine rings is 1. The number of nitrogens with zero attached hydrogens (tertiary/aromatic N) is 1. The molecule has 1 aromatic carbocycles. The summed E-state index contributed by atoms with van der Waals surface area (Å²) < 4.78 is 5.80. The molecule has 1 aromatic rings. The standard InChI is InChI=1S/C15H22N2O/c1-11-9-17(8-7-13(11)16-2)14-10-18-15-6-4-3-5-12(14)15/h3-6,11,13-14,16H,7-10H2,1-2H3. The topological polar surface area (TPSA) is 24.5 Å². The lowest BCUT2D eigenvalue weighted by molar-refractivity contribution is 0.0924. The highest BCUT2D eigenvalue weighted by Crippen LogP contribution is 2.37. The molecule has 2 heterocycles. The third kappa shape index (κ3) is 2.02. The van der Waals surface area contributed by atoms with Crippen molar-refractivity contribution >= 4 is 0 Å². The summed E-state index contributed by atoms with van der Waals surface area (Å²) in [6, 6.07) is 9.59. The van der Waals surface area contributed by atoms with Crippen LogP contribution in [0.3, 0.4) is 0 Å². The highest BCUT2D eigenvalue weighted by molar-refractivity contribution is 5.39. The van der Waals surface area contributed by atoms with E-state index in [4.69, 9.17) is 4.74 Å². The van der Waals surface area contributed by atoms with Crippen LogP contribution in [0.4, 0.5) is 0 Å². The van der Waals surface area contributed by atoms with Gasteiger partial charge in [0.2, 0.25) is 0 Å². The molecule has 0 amide bonds. The monoisotopic (exact) mass is 246 g/mol. The van der Waals surface area contributed by atoms with E-state index in [0.717, 1.165) is 25.4 Å². The summed E-state index contributed by atoms with van der Waals surface area (Å²) >= 11 is 0. The predicted octanol–water partition coefficient (Wildman–Crippen LogP) is 2.05. The first-order valence-electron chi connectivity index (χ1n) is 6.92. The lowest BCUT2D eigenvalue weighted by Crippen LogP contribution is -2.48. The molecule has 3 rings (SSSR count). The van der Waals surface area contributed by atoms with Gasteiger partial charge in [0.05, 0.1) is 6.04 Å². The Balaban J connectivity index is 1.74. The Bertz CT molecular complexity index is 421. The Hall–Kier alpha value is -1.06. The fourth-order valence-corrected chi connectivity index (χ4v) is 3.34. The molecule has 3 heteroatoms. The van der Waals surface area contributed by atoms with Crippen molar-refractivity contribution in [2.75, 3.05) is 26.7 Å². The Labute approximate surface area is 109 Å². The molecule has 3 unspecified atom stereocenters. The SMILES string of the molecule is CNC1CCN(C2COc3ccccc32)CC1C. The minimum absolute atomic E-state index is 0.460. The molecule has 0 aliphatic carbocycles. The van der Waals surface area contributed by atoms with Crippen molar-refractivity contribution in [3.8, 4) is 5.75 Å². The molecule has 18 heavy (non-hydrogen) atoms. The van der Waals surface area contributed by atoms with Gasteiger partial charge in [0.15, 0.2) is 0 Å². The summed E-state index contributed by atoms with van der Waals surface area (Å²) in [6.07, 6.45) is 1.23. The van der Waals surface area contributed by atoms with Gasteiger partial charge in [0.1, 0.15) is 12.4 Å². The van der Waals surface area contributed by atoms with Crippen LogP contribution < -0.4 is 10.1 Å². The van der Waals surface area contributed by atoms with Crippen LogP contribution in [-0.2, 0) is 0 Å². The van der Waals surface area contributed by atoms with Gasteiger partial charge in [-0.05, 0) is 25.5 Å². The van der Waals surface area contributed by atoms with Crippen LogP contribution in [0.5, 0.6) is 5.75 Å². The average molecular weight is 246 g/mol. The number of hydrogen-bond acceptors (Lipinski definition) is 3. The van der Waals surface area contributed by atoms with Gasteiger partial charge in [-0.1, -0.05) is 25.1 Å². The first kappa shape index (κ1) is 12.0. The lowest BCUT2D eigenvalue weighted by Gasteiger charge is -2.39. The van der Waals surface area contributed by atoms with Crippen molar-refractivity contribution in [3.63, 3.8) is 0 Å². The van der Waals surface area contributed by atoms with Crippen LogP contribution in [0, 0.1) is 5.92 Å². The number of ether oxygens (including phenoxy) is 1. The molecular weight excluding hydrogens is 224 g/mol. The van der Waals surface area contributed by atoms with E-state index >= 15 is 0 Å². The van der Waals surface area contributed by atoms with Gasteiger partial charge in [-0.2, -0.15) is 0 Å². The van der Waals surface area contributed by atoms with Gasteiger partial charge >= 0.3 is 0 Å². The fraction of sp³-hybridized carbons (Fsp3) is 0.600. The highest BCUT2D eigenvalue weighted by atomic mass is 16.5. The Morgan fingerprint density at radius 1 is 1.33 bits per heavy atom. The summed E-state index contributed by atoms with van der Waals surface area (Å²) in [5, 5.41) is 3.43. The molecule has 1 saturated heterocycles. The van der Waals surface area contributed by atoms with E-state index in [1.165, 1.54) is 12.0 Å². The molecular formula is C15H22N2O. The van der Waals surface area contributed by atoms with E-state index in [9.17, 15) is 0 Å². The quantitative estimate of drug-likeness (QED) is 0.864. The van der Waals surface area contributed by atoms with Crippen molar-refractivity contribution < 1.29 is 4.74 Å². The largest absolute Gasteiger partial charge is 0.491 e. The van der Waals surface area contributed by atoms with Crippen molar-refractivity contribution in [2.24, 2.45) is 5.92 Å². The molecule has 0 spiro atoms. The van der Waals surface area contributed by atoms with Crippen LogP contribution in [-0.4, -0.2) is 37.7 Å². The van der Waals surface area contributed by atoms with Gasteiger partial charge in [0, 0.05) is 24.7 Å². The summed E-state index contributed by atoms with van der Waals surface area (Å²) in [4.78, 5) is 2.59. The summed E-state index contributed by atoms with van der Waals surface area (Å²) in [7, 11) is 2.07. The van der Waals surface area contributed by atoms with Crippen molar-refractivity contribution in [1.82, 2.24) is 10.2 Å². The van der Waals surface area contributed by atoms with E-state index in [0.29, 0.717) is 18.0 Å². The van der Waals surface area contributed by atoms with E-state index in [-0.39, 0.29) is 0 Å². The number of para-hydroxylation sites is 1. The van der Waals surface area contributed by atoms with Crippen LogP contribution in [0.15, 0.2) is 24.3 Å². The zero-order chi connectivity index (χ0) is 12.5. The number of fused-ring (bicyclic) bond motifs is 1. The zero-order valence-electron chi connectivity index (χ0n) is 11.2. The first-order valence-corrected chi connectivity index (χ1v) is 6.92. The Kier molecular flexibility index (Phi) is 3.27. The summed E-state index contributed by atoms with van der Waals surface area (Å²) in [5.74, 6) is 1.78. The maximum atomic E-state index is 5.80. The number of benzene rings is 1. The fourth-order valence-electron chi connectivity index (χ4n) is 3.34. The minimum atomic E-state index is 0.460. The third-order valence-electron chi connectivity index (χ3n) is 4.42. The van der Waals surface area contributed by atoms with Gasteiger partial charge in [-0.3, -0.25) is 4.90 Å². The molecule has 0 radical (unpaired) electrons. The maximum Gasteiger partial charge on any atom is 0.124 e. The normalized spacial score (nSPS) is 32.0. The molecule has 0 bridgehead atoms. The predicted molar refractivity (Wildman–Crippen MR) is 72.9 cm³/mol. The third-order valence-corrected chi connectivity index (χ3v) is 4.42. The van der Waals surface area contributed by atoms with Gasteiger partial charge in [-0.15, -0.1) is 0 Å².